The van der Waals surface area contributed by atoms with E-state index in [9.17, 15) is 38.7 Å². The average molecular weight is 946 g/mol. The Morgan fingerprint density at radius 1 is 0.809 bits per heavy atom. The summed E-state index contributed by atoms with van der Waals surface area (Å²) in [6.07, 6.45) is 2.00. The number of hydrogen-bond acceptors (Lipinski definition) is 12. The fourth-order valence-electron chi connectivity index (χ4n) is 9.63. The van der Waals surface area contributed by atoms with E-state index in [1.807, 2.05) is 19.1 Å². The van der Waals surface area contributed by atoms with Gasteiger partial charge in [-0.05, 0) is 118 Å². The van der Waals surface area contributed by atoms with Gasteiger partial charge in [-0.15, -0.1) is 0 Å². The van der Waals surface area contributed by atoms with Crippen LogP contribution in [0.15, 0.2) is 48.5 Å². The molecular formula is C48H72BN9O10. The summed E-state index contributed by atoms with van der Waals surface area (Å²) < 4.78 is 12.7. The maximum atomic E-state index is 13.6. The van der Waals surface area contributed by atoms with Crippen molar-refractivity contribution in [1.29, 1.82) is 0 Å². The van der Waals surface area contributed by atoms with Crippen LogP contribution in [-0.2, 0) is 44.5 Å². The van der Waals surface area contributed by atoms with Crippen LogP contribution in [0.4, 0.5) is 0 Å². The normalized spacial score (nSPS) is 22.7. The first-order chi connectivity index (χ1) is 32.2. The second-order valence-electron chi connectivity index (χ2n) is 19.4. The zero-order valence-electron chi connectivity index (χ0n) is 40.2. The Morgan fingerprint density at radius 2 is 1.46 bits per heavy atom. The van der Waals surface area contributed by atoms with Crippen LogP contribution < -0.4 is 49.1 Å². The van der Waals surface area contributed by atoms with E-state index in [-0.39, 0.29) is 42.7 Å². The van der Waals surface area contributed by atoms with E-state index in [1.54, 1.807) is 19.1 Å². The van der Waals surface area contributed by atoms with Crippen molar-refractivity contribution in [3.63, 3.8) is 0 Å². The zero-order chi connectivity index (χ0) is 49.9. The van der Waals surface area contributed by atoms with Gasteiger partial charge in [0.2, 0.25) is 29.5 Å². The molecule has 1 heterocycles. The van der Waals surface area contributed by atoms with Crippen LogP contribution in [0.25, 0.3) is 11.1 Å². The molecule has 68 heavy (non-hydrogen) atoms. The van der Waals surface area contributed by atoms with Gasteiger partial charge in [0.25, 0.3) is 11.8 Å². The van der Waals surface area contributed by atoms with E-state index < -0.39 is 90.9 Å². The van der Waals surface area contributed by atoms with Crippen molar-refractivity contribution < 1.29 is 48.0 Å². The first-order valence-corrected chi connectivity index (χ1v) is 23.9. The van der Waals surface area contributed by atoms with E-state index >= 15 is 0 Å². The molecule has 4 fully saturated rings. The number of nitrogens with two attached hydrogens (primary N) is 3. The fraction of sp³-hybridized carbons (Fsp3) is 0.604. The van der Waals surface area contributed by atoms with Gasteiger partial charge in [-0.3, -0.25) is 33.6 Å². The molecule has 13 N–H and O–H groups in total. The van der Waals surface area contributed by atoms with Gasteiger partial charge in [0.05, 0.1) is 30.2 Å². The van der Waals surface area contributed by atoms with Gasteiger partial charge in [0.15, 0.2) is 6.17 Å². The number of aliphatic hydroxyl groups excluding tert-OH is 1. The predicted octanol–water partition coefficient (Wildman–Crippen LogP) is 0.829. The monoisotopic (exact) mass is 946 g/mol. The second-order valence-corrected chi connectivity index (χ2v) is 19.4. The summed E-state index contributed by atoms with van der Waals surface area (Å²) >= 11 is 0. The number of hydrogen-bond donors (Lipinski definition) is 10. The number of nitrogens with one attached hydrogen (secondary N) is 6. The molecule has 19 nitrogen and oxygen atoms in total. The molecule has 2 unspecified atom stereocenters. The minimum absolute atomic E-state index is 0.0367. The summed E-state index contributed by atoms with van der Waals surface area (Å²) in [6.45, 7) is 11.8. The van der Waals surface area contributed by atoms with Crippen LogP contribution in [0.3, 0.4) is 0 Å². The van der Waals surface area contributed by atoms with E-state index in [2.05, 4.69) is 76.9 Å². The summed E-state index contributed by atoms with van der Waals surface area (Å²) in [7, 11) is -0.788. The number of unbranched alkanes of at least 4 members (excludes halogenated alkanes) is 2. The lowest BCUT2D eigenvalue weighted by atomic mass is 9.43. The van der Waals surface area contributed by atoms with Crippen LogP contribution >= 0.6 is 0 Å². The number of aryl methyl sites for hydroxylation is 1. The van der Waals surface area contributed by atoms with Gasteiger partial charge in [-0.25, -0.2) is 0 Å². The van der Waals surface area contributed by atoms with Crippen molar-refractivity contribution in [3.8, 4) is 11.1 Å². The number of primary amides is 1. The minimum Gasteiger partial charge on any atom is -0.404 e. The van der Waals surface area contributed by atoms with E-state index in [0.29, 0.717) is 30.9 Å². The Hall–Kier alpha value is -5.41. The third-order valence-electron chi connectivity index (χ3n) is 13.9. The second kappa shape index (κ2) is 23.7. The Kier molecular flexibility index (Phi) is 18.7. The van der Waals surface area contributed by atoms with Crippen molar-refractivity contribution in [1.82, 2.24) is 31.9 Å². The summed E-state index contributed by atoms with van der Waals surface area (Å²) in [4.78, 5) is 91.7. The lowest BCUT2D eigenvalue weighted by molar-refractivity contribution is -0.199. The van der Waals surface area contributed by atoms with Crippen LogP contribution in [-0.4, -0.2) is 115 Å². The smallest absolute Gasteiger partial charge is 0.404 e. The molecule has 3 aliphatic carbocycles. The van der Waals surface area contributed by atoms with E-state index in [4.69, 9.17) is 26.5 Å². The summed E-state index contributed by atoms with van der Waals surface area (Å²) in [5.74, 6) is -5.46. The fourth-order valence-corrected chi connectivity index (χ4v) is 9.63. The van der Waals surface area contributed by atoms with Crippen LogP contribution in [0.2, 0.25) is 0 Å². The molecule has 20 heteroatoms. The van der Waals surface area contributed by atoms with Crippen LogP contribution in [0, 0.1) is 17.3 Å². The van der Waals surface area contributed by atoms with E-state index in [1.165, 1.54) is 12.5 Å². The average Bonchev–Trinajstić information content (AvgIpc) is 3.67. The molecule has 7 amide bonds. The van der Waals surface area contributed by atoms with Gasteiger partial charge in [-0.2, -0.15) is 0 Å². The molecule has 0 spiro atoms. The highest BCUT2D eigenvalue weighted by Crippen LogP contribution is 2.65. The quantitative estimate of drug-likeness (QED) is 0.0376. The standard InChI is InChI=1S/C48H72BN9O10/c1-7-8-11-29-13-15-30(16-14-29)31-17-19-32(20-18-31)42(62)53-23-21-39(61)55-34(12-9-10-22-50)43(63)57-40(27(2)59)45(65)58-41(52)46(66)56-35(26-38(51)60)44(64)54-28(3)49-67-37-25-33-24-36(47(33,4)5)48(37,6)68-49/h13-20,27-28,33-37,40-41,59H,7-12,21-26,50,52H2,1-6H3,(H2,51,60)(H,53,62)(H,54,64)(H,55,61)(H,56,66)(H,57,63)(H,58,65)/t27?,28-,33-,34-,35-,36-,37?,40-,41+,48-/m0/s1. The maximum Gasteiger partial charge on any atom is 0.481 e. The number of amides is 7. The predicted molar refractivity (Wildman–Crippen MR) is 255 cm³/mol. The minimum atomic E-state index is -1.82. The first-order valence-electron chi connectivity index (χ1n) is 23.9. The van der Waals surface area contributed by atoms with Crippen LogP contribution in [0.1, 0.15) is 115 Å². The Bertz CT molecular complexity index is 2110. The molecule has 2 aromatic rings. The van der Waals surface area contributed by atoms with Crippen molar-refractivity contribution in [3.05, 3.63) is 59.7 Å². The van der Waals surface area contributed by atoms with Gasteiger partial charge >= 0.3 is 7.12 Å². The van der Waals surface area contributed by atoms with Crippen molar-refractivity contribution in [2.45, 2.75) is 154 Å². The third kappa shape index (κ3) is 13.4. The molecule has 2 aromatic carbocycles. The molecule has 1 aliphatic heterocycles. The first kappa shape index (κ1) is 53.5. The third-order valence-corrected chi connectivity index (χ3v) is 13.9. The van der Waals surface area contributed by atoms with Crippen molar-refractivity contribution in [2.24, 2.45) is 34.5 Å². The van der Waals surface area contributed by atoms with Gasteiger partial charge < -0.3 is 63.5 Å². The number of aliphatic hydroxyl groups is 1. The highest BCUT2D eigenvalue weighted by atomic mass is 16.7. The molecule has 1 saturated heterocycles. The SMILES string of the molecule is CCCCc1ccc(-c2ccc(C(=O)NCCC(=O)N[C@@H](CCCCN)C(=O)N[C@H](C(=O)N[C@@H](N)C(=O)N[C@@H](CC(N)=O)C(=O)N[C@@H](C)B3OC4C[C@@H]5C[C@@H](C5(C)C)[C@]4(C)O3)C(C)O)cc2)cc1. The lowest BCUT2D eigenvalue weighted by Gasteiger charge is -2.64. The molecule has 6 rings (SSSR count). The number of rotatable bonds is 25. The lowest BCUT2D eigenvalue weighted by Crippen LogP contribution is -2.65. The molecule has 0 radical (unpaired) electrons. The zero-order valence-corrected chi connectivity index (χ0v) is 40.2. The van der Waals surface area contributed by atoms with Gasteiger partial charge in [0, 0.05) is 18.5 Å². The summed E-state index contributed by atoms with van der Waals surface area (Å²) in [5.41, 5.74) is 20.3. The Balaban J connectivity index is 1.10. The highest BCUT2D eigenvalue weighted by molar-refractivity contribution is 6.47. The molecule has 372 valence electrons. The Labute approximate surface area is 399 Å². The van der Waals surface area contributed by atoms with Crippen molar-refractivity contribution in [2.75, 3.05) is 13.1 Å². The number of benzene rings is 2. The highest BCUT2D eigenvalue weighted by Gasteiger charge is 2.68. The maximum absolute atomic E-state index is 13.6. The Morgan fingerprint density at radius 3 is 2.06 bits per heavy atom. The van der Waals surface area contributed by atoms with Crippen LogP contribution in [0.5, 0.6) is 0 Å². The molecular weight excluding hydrogens is 873 g/mol. The molecule has 10 atom stereocenters. The molecule has 3 saturated carbocycles. The van der Waals surface area contributed by atoms with E-state index in [0.717, 1.165) is 43.2 Å². The molecule has 4 aliphatic rings. The largest absolute Gasteiger partial charge is 0.481 e. The molecule has 2 bridgehead atoms. The number of carbonyl (C=O) groups excluding carboxylic acids is 7. The van der Waals surface area contributed by atoms with Gasteiger partial charge in [-0.1, -0.05) is 63.6 Å². The van der Waals surface area contributed by atoms with Gasteiger partial charge in [0.1, 0.15) is 18.1 Å². The topological polar surface area (TPSA) is 308 Å². The summed E-state index contributed by atoms with van der Waals surface area (Å²) in [5, 5.41) is 25.7. The molecule has 0 aromatic heterocycles. The van der Waals surface area contributed by atoms with Crippen molar-refractivity contribution >= 4 is 48.5 Å². The number of carbonyl (C=O) groups is 7. The summed E-state index contributed by atoms with van der Waals surface area (Å²) in [6, 6.07) is 11.2.